The SMILES string of the molecule is COCc1cccc(Nc2cc3c(cc2N)CC(=O)N3)c1. The van der Waals surface area contributed by atoms with E-state index in [-0.39, 0.29) is 5.91 Å². The Labute approximate surface area is 123 Å². The molecule has 21 heavy (non-hydrogen) atoms. The van der Waals surface area contributed by atoms with Crippen LogP contribution in [0.4, 0.5) is 22.7 Å². The molecular formula is C16H17N3O2. The minimum Gasteiger partial charge on any atom is -0.397 e. The van der Waals surface area contributed by atoms with Gasteiger partial charge in [-0.05, 0) is 35.4 Å². The third-order valence-corrected chi connectivity index (χ3v) is 3.42. The molecule has 0 aliphatic carbocycles. The van der Waals surface area contributed by atoms with Gasteiger partial charge in [0, 0.05) is 18.5 Å². The normalized spacial score (nSPS) is 12.9. The van der Waals surface area contributed by atoms with Gasteiger partial charge in [0.2, 0.25) is 5.91 Å². The van der Waals surface area contributed by atoms with Crippen LogP contribution in [0.3, 0.4) is 0 Å². The summed E-state index contributed by atoms with van der Waals surface area (Å²) in [6.07, 6.45) is 0.392. The summed E-state index contributed by atoms with van der Waals surface area (Å²) in [6.45, 7) is 0.561. The molecule has 0 saturated carbocycles. The predicted octanol–water partition coefficient (Wildman–Crippen LogP) is 2.65. The van der Waals surface area contributed by atoms with Crippen molar-refractivity contribution in [2.45, 2.75) is 13.0 Å². The van der Waals surface area contributed by atoms with Crippen LogP contribution in [-0.4, -0.2) is 13.0 Å². The average molecular weight is 283 g/mol. The number of carbonyl (C=O) groups excluding carboxylic acids is 1. The second-order valence-corrected chi connectivity index (χ2v) is 5.08. The first-order valence-corrected chi connectivity index (χ1v) is 6.73. The number of methoxy groups -OCH3 is 1. The summed E-state index contributed by atoms with van der Waals surface area (Å²) in [5.74, 6) is 0.00337. The van der Waals surface area contributed by atoms with Crippen LogP contribution in [0.15, 0.2) is 36.4 Å². The summed E-state index contributed by atoms with van der Waals surface area (Å²) >= 11 is 0. The minimum absolute atomic E-state index is 0.00337. The average Bonchev–Trinajstić information content (AvgIpc) is 2.79. The molecule has 5 nitrogen and oxygen atoms in total. The summed E-state index contributed by atoms with van der Waals surface area (Å²) in [6, 6.07) is 11.6. The monoisotopic (exact) mass is 283 g/mol. The van der Waals surface area contributed by atoms with Gasteiger partial charge in [-0.3, -0.25) is 4.79 Å². The largest absolute Gasteiger partial charge is 0.397 e. The lowest BCUT2D eigenvalue weighted by atomic mass is 10.1. The molecule has 1 heterocycles. The second-order valence-electron chi connectivity index (χ2n) is 5.08. The van der Waals surface area contributed by atoms with E-state index in [0.717, 1.165) is 28.2 Å². The number of fused-ring (bicyclic) bond motifs is 1. The van der Waals surface area contributed by atoms with Crippen LogP contribution >= 0.6 is 0 Å². The molecule has 0 atom stereocenters. The number of benzene rings is 2. The standard InChI is InChI=1S/C16H17N3O2/c1-21-9-10-3-2-4-12(5-10)18-15-8-14-11(6-13(15)17)7-16(20)19-14/h2-6,8,18H,7,9,17H2,1H3,(H,19,20). The molecule has 0 aromatic heterocycles. The van der Waals surface area contributed by atoms with Crippen molar-refractivity contribution in [3.8, 4) is 0 Å². The van der Waals surface area contributed by atoms with Crippen molar-refractivity contribution in [3.63, 3.8) is 0 Å². The van der Waals surface area contributed by atoms with E-state index in [1.165, 1.54) is 0 Å². The lowest BCUT2D eigenvalue weighted by Gasteiger charge is -2.12. The Bertz CT molecular complexity index is 698. The third kappa shape index (κ3) is 2.83. The number of nitrogens with one attached hydrogen (secondary N) is 2. The van der Waals surface area contributed by atoms with Crippen LogP contribution < -0.4 is 16.4 Å². The smallest absolute Gasteiger partial charge is 0.228 e. The maximum Gasteiger partial charge on any atom is 0.228 e. The summed E-state index contributed by atoms with van der Waals surface area (Å²) in [5, 5.41) is 6.11. The quantitative estimate of drug-likeness (QED) is 0.754. The Kier molecular flexibility index (Phi) is 3.50. The van der Waals surface area contributed by atoms with Crippen LogP contribution in [0.2, 0.25) is 0 Å². The van der Waals surface area contributed by atoms with E-state index in [9.17, 15) is 4.79 Å². The number of amides is 1. The van der Waals surface area contributed by atoms with Crippen molar-refractivity contribution < 1.29 is 9.53 Å². The zero-order valence-corrected chi connectivity index (χ0v) is 11.8. The highest BCUT2D eigenvalue weighted by Crippen LogP contribution is 2.33. The van der Waals surface area contributed by atoms with Crippen LogP contribution in [0, 0.1) is 0 Å². The fourth-order valence-corrected chi connectivity index (χ4v) is 2.46. The molecular weight excluding hydrogens is 266 g/mol. The van der Waals surface area contributed by atoms with Gasteiger partial charge in [-0.15, -0.1) is 0 Å². The lowest BCUT2D eigenvalue weighted by molar-refractivity contribution is -0.115. The van der Waals surface area contributed by atoms with Crippen LogP contribution in [0.25, 0.3) is 0 Å². The Balaban J connectivity index is 1.87. The highest BCUT2D eigenvalue weighted by atomic mass is 16.5. The summed E-state index contributed by atoms with van der Waals surface area (Å²) < 4.78 is 5.13. The zero-order chi connectivity index (χ0) is 14.8. The van der Waals surface area contributed by atoms with E-state index in [0.29, 0.717) is 18.7 Å². The molecule has 0 fully saturated rings. The highest BCUT2D eigenvalue weighted by molar-refractivity contribution is 6.01. The number of nitrogen functional groups attached to an aromatic ring is 1. The molecule has 0 spiro atoms. The second kappa shape index (κ2) is 5.46. The highest BCUT2D eigenvalue weighted by Gasteiger charge is 2.19. The summed E-state index contributed by atoms with van der Waals surface area (Å²) in [4.78, 5) is 11.4. The summed E-state index contributed by atoms with van der Waals surface area (Å²) in [5.41, 5.74) is 11.2. The van der Waals surface area contributed by atoms with Gasteiger partial charge < -0.3 is 21.1 Å². The molecule has 0 saturated heterocycles. The van der Waals surface area contributed by atoms with Gasteiger partial charge in [-0.1, -0.05) is 12.1 Å². The maximum atomic E-state index is 11.4. The van der Waals surface area contributed by atoms with Crippen molar-refractivity contribution in [1.29, 1.82) is 0 Å². The van der Waals surface area contributed by atoms with Crippen molar-refractivity contribution in [3.05, 3.63) is 47.5 Å². The van der Waals surface area contributed by atoms with E-state index in [1.807, 2.05) is 36.4 Å². The molecule has 1 amide bonds. The number of nitrogens with two attached hydrogens (primary N) is 1. The van der Waals surface area contributed by atoms with Crippen LogP contribution in [-0.2, 0) is 22.6 Å². The molecule has 108 valence electrons. The molecule has 3 rings (SSSR count). The topological polar surface area (TPSA) is 76.4 Å². The Morgan fingerprint density at radius 2 is 2.19 bits per heavy atom. The molecule has 2 aromatic rings. The number of ether oxygens (including phenoxy) is 1. The van der Waals surface area contributed by atoms with E-state index in [2.05, 4.69) is 10.6 Å². The van der Waals surface area contributed by atoms with Gasteiger partial charge in [0.25, 0.3) is 0 Å². The Morgan fingerprint density at radius 1 is 1.33 bits per heavy atom. The molecule has 0 radical (unpaired) electrons. The minimum atomic E-state index is 0.00337. The molecule has 5 heteroatoms. The third-order valence-electron chi connectivity index (χ3n) is 3.42. The number of hydrogen-bond acceptors (Lipinski definition) is 4. The van der Waals surface area contributed by atoms with E-state index in [4.69, 9.17) is 10.5 Å². The Morgan fingerprint density at radius 3 is 3.00 bits per heavy atom. The van der Waals surface area contributed by atoms with Crippen LogP contribution in [0.5, 0.6) is 0 Å². The first kappa shape index (κ1) is 13.5. The van der Waals surface area contributed by atoms with Gasteiger partial charge in [0.15, 0.2) is 0 Å². The van der Waals surface area contributed by atoms with Crippen LogP contribution in [0.1, 0.15) is 11.1 Å². The molecule has 2 aromatic carbocycles. The molecule has 4 N–H and O–H groups in total. The first-order valence-electron chi connectivity index (χ1n) is 6.73. The molecule has 0 bridgehead atoms. The van der Waals surface area contributed by atoms with E-state index in [1.54, 1.807) is 7.11 Å². The van der Waals surface area contributed by atoms with Crippen molar-refractivity contribution in [2.75, 3.05) is 23.5 Å². The van der Waals surface area contributed by atoms with Crippen molar-refractivity contribution >= 4 is 28.7 Å². The molecule has 0 unspecified atom stereocenters. The van der Waals surface area contributed by atoms with Gasteiger partial charge in [0.1, 0.15) is 0 Å². The van der Waals surface area contributed by atoms with Gasteiger partial charge >= 0.3 is 0 Å². The van der Waals surface area contributed by atoms with Gasteiger partial charge in [-0.2, -0.15) is 0 Å². The Hall–Kier alpha value is -2.53. The first-order chi connectivity index (χ1) is 10.2. The number of carbonyl (C=O) groups is 1. The number of rotatable bonds is 4. The maximum absolute atomic E-state index is 11.4. The van der Waals surface area contributed by atoms with Gasteiger partial charge in [0.05, 0.1) is 24.4 Å². The molecule has 1 aliphatic rings. The van der Waals surface area contributed by atoms with E-state index < -0.39 is 0 Å². The predicted molar refractivity (Wildman–Crippen MR) is 83.6 cm³/mol. The molecule has 1 aliphatic heterocycles. The zero-order valence-electron chi connectivity index (χ0n) is 11.8. The number of hydrogen-bond donors (Lipinski definition) is 3. The van der Waals surface area contributed by atoms with E-state index >= 15 is 0 Å². The summed E-state index contributed by atoms with van der Waals surface area (Å²) in [7, 11) is 1.67. The van der Waals surface area contributed by atoms with Crippen molar-refractivity contribution in [2.24, 2.45) is 0 Å². The van der Waals surface area contributed by atoms with Crippen molar-refractivity contribution in [1.82, 2.24) is 0 Å². The fourth-order valence-electron chi connectivity index (χ4n) is 2.46. The number of anilines is 4. The lowest BCUT2D eigenvalue weighted by Crippen LogP contribution is -2.03. The fraction of sp³-hybridized carbons (Fsp3) is 0.188. The van der Waals surface area contributed by atoms with Gasteiger partial charge in [-0.25, -0.2) is 0 Å².